The van der Waals surface area contributed by atoms with Crippen molar-refractivity contribution in [1.82, 2.24) is 5.43 Å². The molecule has 1 amide bonds. The van der Waals surface area contributed by atoms with Gasteiger partial charge in [-0.25, -0.2) is 10.2 Å². The van der Waals surface area contributed by atoms with E-state index in [9.17, 15) is 9.18 Å². The average Bonchev–Trinajstić information content (AvgIpc) is 2.21. The van der Waals surface area contributed by atoms with E-state index in [0.29, 0.717) is 4.47 Å². The van der Waals surface area contributed by atoms with Gasteiger partial charge in [0.1, 0.15) is 0 Å². The fourth-order valence-electron chi connectivity index (χ4n) is 0.918. The smallest absolute Gasteiger partial charge is 0.237 e. The quantitative estimate of drug-likeness (QED) is 0.496. The lowest BCUT2D eigenvalue weighted by Crippen LogP contribution is -2.31. The standard InChI is InChI=1S/C9H10BrFN2O2/c10-6-1-2-8(7(11)5-6)15-4-3-9(14)13-12/h1-2,5H,3-4,12H2,(H,13,14). The summed E-state index contributed by atoms with van der Waals surface area (Å²) < 4.78 is 18.9. The molecular weight excluding hydrogens is 267 g/mol. The summed E-state index contributed by atoms with van der Waals surface area (Å²) in [7, 11) is 0. The van der Waals surface area contributed by atoms with Crippen LogP contribution in [0.25, 0.3) is 0 Å². The molecule has 0 unspecified atom stereocenters. The Kier molecular flexibility index (Phi) is 4.51. The van der Waals surface area contributed by atoms with Crippen LogP contribution < -0.4 is 16.0 Å². The first kappa shape index (κ1) is 11.9. The predicted octanol–water partition coefficient (Wildman–Crippen LogP) is 1.35. The number of rotatable bonds is 4. The van der Waals surface area contributed by atoms with Crippen molar-refractivity contribution < 1.29 is 13.9 Å². The van der Waals surface area contributed by atoms with E-state index in [0.717, 1.165) is 0 Å². The number of carbonyl (C=O) groups is 1. The number of hydrazine groups is 1. The summed E-state index contributed by atoms with van der Waals surface area (Å²) >= 11 is 3.12. The van der Waals surface area contributed by atoms with Gasteiger partial charge in [0.15, 0.2) is 11.6 Å². The lowest BCUT2D eigenvalue weighted by Gasteiger charge is -2.06. The van der Waals surface area contributed by atoms with Gasteiger partial charge in [-0.1, -0.05) is 15.9 Å². The van der Waals surface area contributed by atoms with Gasteiger partial charge in [0.2, 0.25) is 5.91 Å². The number of benzene rings is 1. The zero-order valence-electron chi connectivity index (χ0n) is 7.80. The first-order chi connectivity index (χ1) is 7.13. The number of ether oxygens (including phenoxy) is 1. The van der Waals surface area contributed by atoms with Gasteiger partial charge in [0.05, 0.1) is 13.0 Å². The highest BCUT2D eigenvalue weighted by atomic mass is 79.9. The van der Waals surface area contributed by atoms with Crippen LogP contribution in [0.4, 0.5) is 4.39 Å². The van der Waals surface area contributed by atoms with Crippen molar-refractivity contribution in [2.45, 2.75) is 6.42 Å². The molecule has 0 aliphatic carbocycles. The monoisotopic (exact) mass is 276 g/mol. The minimum absolute atomic E-state index is 0.0849. The van der Waals surface area contributed by atoms with Gasteiger partial charge in [-0.3, -0.25) is 10.2 Å². The van der Waals surface area contributed by atoms with E-state index in [2.05, 4.69) is 15.9 Å². The Hall–Kier alpha value is -1.14. The van der Waals surface area contributed by atoms with Gasteiger partial charge in [0.25, 0.3) is 0 Å². The van der Waals surface area contributed by atoms with E-state index >= 15 is 0 Å². The molecule has 0 fully saturated rings. The summed E-state index contributed by atoms with van der Waals surface area (Å²) in [5, 5.41) is 0. The van der Waals surface area contributed by atoms with Crippen molar-refractivity contribution >= 4 is 21.8 Å². The minimum atomic E-state index is -0.475. The number of halogens is 2. The number of hydrogen-bond acceptors (Lipinski definition) is 3. The molecule has 1 aromatic rings. The Morgan fingerprint density at radius 2 is 2.33 bits per heavy atom. The predicted molar refractivity (Wildman–Crippen MR) is 56.5 cm³/mol. The second kappa shape index (κ2) is 5.67. The van der Waals surface area contributed by atoms with Crippen LogP contribution in [0.3, 0.4) is 0 Å². The molecule has 15 heavy (non-hydrogen) atoms. The Morgan fingerprint density at radius 1 is 1.60 bits per heavy atom. The van der Waals surface area contributed by atoms with Crippen LogP contribution in [0, 0.1) is 5.82 Å². The molecule has 82 valence electrons. The van der Waals surface area contributed by atoms with E-state index in [1.807, 2.05) is 5.43 Å². The van der Waals surface area contributed by atoms with Crippen LogP contribution in [0.2, 0.25) is 0 Å². The molecule has 0 saturated heterocycles. The molecule has 0 aliphatic rings. The molecule has 0 atom stereocenters. The second-order valence-corrected chi connectivity index (χ2v) is 3.66. The molecular formula is C9H10BrFN2O2. The third-order valence-corrected chi connectivity index (χ3v) is 2.13. The van der Waals surface area contributed by atoms with Gasteiger partial charge in [-0.05, 0) is 18.2 Å². The van der Waals surface area contributed by atoms with E-state index in [1.54, 1.807) is 6.07 Å². The largest absolute Gasteiger partial charge is 0.490 e. The highest BCUT2D eigenvalue weighted by Crippen LogP contribution is 2.21. The van der Waals surface area contributed by atoms with Crippen molar-refractivity contribution in [2.24, 2.45) is 5.84 Å². The van der Waals surface area contributed by atoms with Gasteiger partial charge < -0.3 is 4.74 Å². The van der Waals surface area contributed by atoms with Crippen molar-refractivity contribution in [3.8, 4) is 5.75 Å². The molecule has 0 bridgehead atoms. The molecule has 0 heterocycles. The summed E-state index contributed by atoms with van der Waals surface area (Å²) in [6.07, 6.45) is 0.0893. The highest BCUT2D eigenvalue weighted by molar-refractivity contribution is 9.10. The SMILES string of the molecule is NNC(=O)CCOc1ccc(Br)cc1F. The molecule has 3 N–H and O–H groups in total. The number of nitrogens with one attached hydrogen (secondary N) is 1. The van der Waals surface area contributed by atoms with Gasteiger partial charge in [-0.15, -0.1) is 0 Å². The summed E-state index contributed by atoms with van der Waals surface area (Å²) in [5.74, 6) is 4.15. The maximum absolute atomic E-state index is 13.2. The topological polar surface area (TPSA) is 64.3 Å². The summed E-state index contributed by atoms with van der Waals surface area (Å²) in [4.78, 5) is 10.7. The zero-order chi connectivity index (χ0) is 11.3. The molecule has 0 spiro atoms. The first-order valence-electron chi connectivity index (χ1n) is 4.21. The van der Waals surface area contributed by atoms with Crippen molar-refractivity contribution in [3.05, 3.63) is 28.5 Å². The van der Waals surface area contributed by atoms with Crippen LogP contribution in [-0.4, -0.2) is 12.5 Å². The van der Waals surface area contributed by atoms with Crippen LogP contribution in [0.5, 0.6) is 5.75 Å². The van der Waals surface area contributed by atoms with E-state index < -0.39 is 5.82 Å². The molecule has 1 aromatic carbocycles. The molecule has 0 radical (unpaired) electrons. The summed E-state index contributed by atoms with van der Waals surface area (Å²) in [5.41, 5.74) is 1.95. The fourth-order valence-corrected chi connectivity index (χ4v) is 1.25. The summed E-state index contributed by atoms with van der Waals surface area (Å²) in [6, 6.07) is 4.43. The normalized spacial score (nSPS) is 9.80. The number of carbonyl (C=O) groups excluding carboxylic acids is 1. The average molecular weight is 277 g/mol. The lowest BCUT2D eigenvalue weighted by atomic mass is 10.3. The molecule has 0 aliphatic heterocycles. The van der Waals surface area contributed by atoms with Crippen molar-refractivity contribution in [3.63, 3.8) is 0 Å². The summed E-state index contributed by atoms with van der Waals surface area (Å²) in [6.45, 7) is 0.0849. The number of amides is 1. The Morgan fingerprint density at radius 3 is 2.93 bits per heavy atom. The number of nitrogens with two attached hydrogens (primary N) is 1. The van der Waals surface area contributed by atoms with Crippen molar-refractivity contribution in [2.75, 3.05) is 6.61 Å². The Balaban J connectivity index is 2.47. The molecule has 0 saturated carbocycles. The first-order valence-corrected chi connectivity index (χ1v) is 5.00. The highest BCUT2D eigenvalue weighted by Gasteiger charge is 2.04. The number of hydrogen-bond donors (Lipinski definition) is 2. The van der Waals surface area contributed by atoms with Crippen molar-refractivity contribution in [1.29, 1.82) is 0 Å². The van der Waals surface area contributed by atoms with Crippen LogP contribution in [0.1, 0.15) is 6.42 Å². The van der Waals surface area contributed by atoms with Gasteiger partial charge >= 0.3 is 0 Å². The molecule has 6 heteroatoms. The van der Waals surface area contributed by atoms with Gasteiger partial charge in [0, 0.05) is 4.47 Å². The third-order valence-electron chi connectivity index (χ3n) is 1.64. The maximum Gasteiger partial charge on any atom is 0.237 e. The molecule has 4 nitrogen and oxygen atoms in total. The van der Waals surface area contributed by atoms with E-state index in [4.69, 9.17) is 10.6 Å². The van der Waals surface area contributed by atoms with Crippen LogP contribution >= 0.6 is 15.9 Å². The second-order valence-electron chi connectivity index (χ2n) is 2.74. The van der Waals surface area contributed by atoms with E-state index in [1.165, 1.54) is 12.1 Å². The molecule has 0 aromatic heterocycles. The molecule has 1 rings (SSSR count). The Bertz CT molecular complexity index is 360. The Labute approximate surface area is 94.7 Å². The minimum Gasteiger partial charge on any atom is -0.490 e. The van der Waals surface area contributed by atoms with Crippen LogP contribution in [0.15, 0.2) is 22.7 Å². The maximum atomic E-state index is 13.2. The third kappa shape index (κ3) is 3.85. The van der Waals surface area contributed by atoms with E-state index in [-0.39, 0.29) is 24.7 Å². The lowest BCUT2D eigenvalue weighted by molar-refractivity contribution is -0.121. The zero-order valence-corrected chi connectivity index (χ0v) is 9.38. The van der Waals surface area contributed by atoms with Crippen LogP contribution in [-0.2, 0) is 4.79 Å². The fraction of sp³-hybridized carbons (Fsp3) is 0.222. The van der Waals surface area contributed by atoms with Gasteiger partial charge in [-0.2, -0.15) is 0 Å².